The van der Waals surface area contributed by atoms with E-state index in [-0.39, 0.29) is 5.91 Å². The van der Waals surface area contributed by atoms with Crippen molar-refractivity contribution in [3.8, 4) is 5.69 Å². The Morgan fingerprint density at radius 2 is 2.00 bits per heavy atom. The van der Waals surface area contributed by atoms with E-state index in [1.165, 1.54) is 6.33 Å². The van der Waals surface area contributed by atoms with Crippen LogP contribution in [0.25, 0.3) is 16.7 Å². The average Bonchev–Trinajstić information content (AvgIpc) is 3.24. The van der Waals surface area contributed by atoms with Crippen LogP contribution in [0.15, 0.2) is 43.0 Å². The van der Waals surface area contributed by atoms with Gasteiger partial charge in [-0.05, 0) is 32.0 Å². The number of carbonyl (C=O) groups excluding carboxylic acids is 1. The second-order valence-electron chi connectivity index (χ2n) is 6.03. The summed E-state index contributed by atoms with van der Waals surface area (Å²) in [4.78, 5) is 21.5. The molecule has 0 aliphatic carbocycles. The zero-order valence-corrected chi connectivity index (χ0v) is 14.6. The van der Waals surface area contributed by atoms with E-state index in [0.29, 0.717) is 16.9 Å². The van der Waals surface area contributed by atoms with E-state index in [0.717, 1.165) is 22.5 Å². The maximum absolute atomic E-state index is 13.0. The first-order valence-corrected chi connectivity index (χ1v) is 8.11. The lowest BCUT2D eigenvalue weighted by Crippen LogP contribution is -2.15. The van der Waals surface area contributed by atoms with Crippen molar-refractivity contribution in [1.29, 1.82) is 0 Å². The Bertz CT molecular complexity index is 1110. The predicted octanol–water partition coefficient (Wildman–Crippen LogP) is 2.42. The van der Waals surface area contributed by atoms with Gasteiger partial charge in [0.1, 0.15) is 12.7 Å². The molecule has 1 aromatic carbocycles. The van der Waals surface area contributed by atoms with Crippen LogP contribution < -0.4 is 5.32 Å². The number of nitrogens with one attached hydrogen (secondary N) is 1. The fourth-order valence-electron chi connectivity index (χ4n) is 3.05. The molecule has 1 N–H and O–H groups in total. The summed E-state index contributed by atoms with van der Waals surface area (Å²) in [6.45, 7) is 3.74. The standard InChI is InChI=1S/C18H17N7O/c1-11-8-13(16-12(2)23-24(3)17(16)21-11)18(26)22-14-6-4-5-7-15(14)25-10-19-9-20-25/h4-10H,1-3H3,(H,22,26). The van der Waals surface area contributed by atoms with Crippen LogP contribution in [0.3, 0.4) is 0 Å². The Morgan fingerprint density at radius 3 is 2.77 bits per heavy atom. The first-order valence-electron chi connectivity index (χ1n) is 8.11. The molecule has 0 unspecified atom stereocenters. The predicted molar refractivity (Wildman–Crippen MR) is 97.3 cm³/mol. The number of benzene rings is 1. The quantitative estimate of drug-likeness (QED) is 0.615. The molecule has 0 saturated heterocycles. The van der Waals surface area contributed by atoms with Crippen LogP contribution in [-0.4, -0.2) is 35.4 Å². The molecule has 0 aliphatic rings. The normalized spacial score (nSPS) is 11.0. The lowest BCUT2D eigenvalue weighted by atomic mass is 10.1. The van der Waals surface area contributed by atoms with E-state index in [9.17, 15) is 4.79 Å². The molecule has 3 heterocycles. The summed E-state index contributed by atoms with van der Waals surface area (Å²) < 4.78 is 3.30. The minimum absolute atomic E-state index is 0.218. The van der Waals surface area contributed by atoms with E-state index in [4.69, 9.17) is 0 Å². The second kappa shape index (κ2) is 6.07. The van der Waals surface area contributed by atoms with Crippen LogP contribution in [0.4, 0.5) is 5.69 Å². The monoisotopic (exact) mass is 347 g/mol. The highest BCUT2D eigenvalue weighted by Crippen LogP contribution is 2.24. The molecule has 1 amide bonds. The van der Waals surface area contributed by atoms with Gasteiger partial charge < -0.3 is 5.32 Å². The van der Waals surface area contributed by atoms with Crippen LogP contribution in [0.5, 0.6) is 0 Å². The van der Waals surface area contributed by atoms with Gasteiger partial charge in [0.15, 0.2) is 5.65 Å². The number of para-hydroxylation sites is 2. The second-order valence-corrected chi connectivity index (χ2v) is 6.03. The van der Waals surface area contributed by atoms with E-state index < -0.39 is 0 Å². The van der Waals surface area contributed by atoms with Crippen molar-refractivity contribution in [3.63, 3.8) is 0 Å². The van der Waals surface area contributed by atoms with Gasteiger partial charge in [-0.15, -0.1) is 0 Å². The number of pyridine rings is 1. The molecule has 3 aromatic heterocycles. The molecule has 8 nitrogen and oxygen atoms in total. The van der Waals surface area contributed by atoms with Crippen LogP contribution >= 0.6 is 0 Å². The number of aromatic nitrogens is 6. The van der Waals surface area contributed by atoms with Gasteiger partial charge in [0.05, 0.1) is 28.0 Å². The first kappa shape index (κ1) is 15.9. The van der Waals surface area contributed by atoms with Crippen molar-refractivity contribution >= 4 is 22.6 Å². The SMILES string of the molecule is Cc1cc(C(=O)Nc2ccccc2-n2cncn2)c2c(C)nn(C)c2n1. The minimum Gasteiger partial charge on any atom is -0.320 e. The molecule has 0 atom stereocenters. The smallest absolute Gasteiger partial charge is 0.256 e. The summed E-state index contributed by atoms with van der Waals surface area (Å²) in [6.07, 6.45) is 3.04. The lowest BCUT2D eigenvalue weighted by Gasteiger charge is -2.11. The van der Waals surface area contributed by atoms with E-state index >= 15 is 0 Å². The summed E-state index contributed by atoms with van der Waals surface area (Å²) in [5, 5.41) is 12.3. The lowest BCUT2D eigenvalue weighted by molar-refractivity contribution is 0.102. The fraction of sp³-hybridized carbons (Fsp3) is 0.167. The number of rotatable bonds is 3. The number of hydrogen-bond acceptors (Lipinski definition) is 5. The van der Waals surface area contributed by atoms with Gasteiger partial charge in [-0.25, -0.2) is 14.6 Å². The fourth-order valence-corrected chi connectivity index (χ4v) is 3.05. The Hall–Kier alpha value is -3.55. The van der Waals surface area contributed by atoms with Gasteiger partial charge >= 0.3 is 0 Å². The molecule has 0 saturated carbocycles. The summed E-state index contributed by atoms with van der Waals surface area (Å²) in [5.41, 5.74) is 4.15. The number of nitrogens with zero attached hydrogens (tertiary/aromatic N) is 6. The third-order valence-corrected chi connectivity index (χ3v) is 4.16. The highest BCUT2D eigenvalue weighted by molar-refractivity contribution is 6.13. The third kappa shape index (κ3) is 2.61. The van der Waals surface area contributed by atoms with Gasteiger partial charge in [-0.1, -0.05) is 12.1 Å². The molecule has 4 aromatic rings. The maximum Gasteiger partial charge on any atom is 0.256 e. The van der Waals surface area contributed by atoms with Crippen molar-refractivity contribution in [2.75, 3.05) is 5.32 Å². The van der Waals surface area contributed by atoms with Gasteiger partial charge in [-0.3, -0.25) is 9.48 Å². The molecule has 0 aliphatic heterocycles. The first-order chi connectivity index (χ1) is 12.5. The van der Waals surface area contributed by atoms with Crippen LogP contribution in [-0.2, 0) is 7.05 Å². The summed E-state index contributed by atoms with van der Waals surface area (Å²) in [6, 6.07) is 9.22. The highest BCUT2D eigenvalue weighted by atomic mass is 16.1. The highest BCUT2D eigenvalue weighted by Gasteiger charge is 2.19. The molecule has 0 radical (unpaired) electrons. The topological polar surface area (TPSA) is 90.5 Å². The van der Waals surface area contributed by atoms with Gasteiger partial charge in [0.2, 0.25) is 0 Å². The molecular weight excluding hydrogens is 330 g/mol. The number of aryl methyl sites for hydroxylation is 3. The van der Waals surface area contributed by atoms with Gasteiger partial charge in [0.25, 0.3) is 5.91 Å². The zero-order valence-electron chi connectivity index (χ0n) is 14.6. The third-order valence-electron chi connectivity index (χ3n) is 4.16. The zero-order chi connectivity index (χ0) is 18.3. The molecule has 0 bridgehead atoms. The Kier molecular flexibility index (Phi) is 3.72. The van der Waals surface area contributed by atoms with Crippen LogP contribution in [0, 0.1) is 13.8 Å². The number of carbonyl (C=O) groups is 1. The molecule has 0 spiro atoms. The number of anilines is 1. The number of amides is 1. The Labute approximate surface area is 149 Å². The average molecular weight is 347 g/mol. The van der Waals surface area contributed by atoms with Gasteiger partial charge in [0, 0.05) is 12.7 Å². The van der Waals surface area contributed by atoms with Crippen molar-refractivity contribution in [2.45, 2.75) is 13.8 Å². The van der Waals surface area contributed by atoms with Crippen molar-refractivity contribution < 1.29 is 4.79 Å². The van der Waals surface area contributed by atoms with Crippen LogP contribution in [0.2, 0.25) is 0 Å². The van der Waals surface area contributed by atoms with Crippen LogP contribution in [0.1, 0.15) is 21.7 Å². The molecular formula is C18H17N7O. The largest absolute Gasteiger partial charge is 0.320 e. The molecule has 8 heteroatoms. The number of fused-ring (bicyclic) bond motifs is 1. The van der Waals surface area contributed by atoms with Crippen molar-refractivity contribution in [2.24, 2.45) is 7.05 Å². The maximum atomic E-state index is 13.0. The minimum atomic E-state index is -0.218. The summed E-state index contributed by atoms with van der Waals surface area (Å²) in [7, 11) is 1.82. The molecule has 4 rings (SSSR count). The van der Waals surface area contributed by atoms with Crippen molar-refractivity contribution in [3.05, 3.63) is 59.9 Å². The Morgan fingerprint density at radius 1 is 1.19 bits per heavy atom. The van der Waals surface area contributed by atoms with E-state index in [1.807, 2.05) is 45.2 Å². The number of hydrogen-bond donors (Lipinski definition) is 1. The van der Waals surface area contributed by atoms with Crippen molar-refractivity contribution in [1.82, 2.24) is 29.5 Å². The Balaban J connectivity index is 1.78. The molecule has 26 heavy (non-hydrogen) atoms. The van der Waals surface area contributed by atoms with Gasteiger partial charge in [-0.2, -0.15) is 10.2 Å². The summed E-state index contributed by atoms with van der Waals surface area (Å²) in [5.74, 6) is -0.218. The summed E-state index contributed by atoms with van der Waals surface area (Å²) >= 11 is 0. The van der Waals surface area contributed by atoms with E-state index in [1.54, 1.807) is 21.8 Å². The molecule has 0 fully saturated rings. The van der Waals surface area contributed by atoms with E-state index in [2.05, 4.69) is 25.5 Å². The molecule has 130 valence electrons.